The SMILES string of the molecule is CCc1ccc(C(=O)Cc2nccn2C)o1. The summed E-state index contributed by atoms with van der Waals surface area (Å²) in [6, 6.07) is 3.57. The highest BCUT2D eigenvalue weighted by molar-refractivity contribution is 5.94. The van der Waals surface area contributed by atoms with E-state index in [4.69, 9.17) is 4.42 Å². The van der Waals surface area contributed by atoms with Gasteiger partial charge in [-0.1, -0.05) is 6.92 Å². The van der Waals surface area contributed by atoms with Crippen molar-refractivity contribution in [2.75, 3.05) is 0 Å². The first-order valence-corrected chi connectivity index (χ1v) is 5.28. The fourth-order valence-electron chi connectivity index (χ4n) is 1.52. The highest BCUT2D eigenvalue weighted by Gasteiger charge is 2.13. The molecule has 4 heteroatoms. The number of ketones is 1. The minimum atomic E-state index is -0.0333. The van der Waals surface area contributed by atoms with Gasteiger partial charge in [0, 0.05) is 25.9 Å². The zero-order valence-corrected chi connectivity index (χ0v) is 9.43. The third kappa shape index (κ3) is 2.05. The topological polar surface area (TPSA) is 48.0 Å². The Bertz CT molecular complexity index is 497. The summed E-state index contributed by atoms with van der Waals surface area (Å²) in [5.74, 6) is 1.97. The highest BCUT2D eigenvalue weighted by Crippen LogP contribution is 2.11. The van der Waals surface area contributed by atoms with E-state index in [1.807, 2.05) is 30.8 Å². The normalized spacial score (nSPS) is 10.6. The first-order chi connectivity index (χ1) is 7.70. The summed E-state index contributed by atoms with van der Waals surface area (Å²) >= 11 is 0. The van der Waals surface area contributed by atoms with Crippen LogP contribution in [-0.4, -0.2) is 15.3 Å². The number of nitrogens with zero attached hydrogens (tertiary/aromatic N) is 2. The van der Waals surface area contributed by atoms with E-state index in [9.17, 15) is 4.79 Å². The Morgan fingerprint density at radius 3 is 2.88 bits per heavy atom. The maximum atomic E-state index is 11.8. The molecule has 84 valence electrons. The molecule has 0 spiro atoms. The Morgan fingerprint density at radius 1 is 1.50 bits per heavy atom. The van der Waals surface area contributed by atoms with Gasteiger partial charge in [-0.2, -0.15) is 0 Å². The van der Waals surface area contributed by atoms with Crippen molar-refractivity contribution in [3.05, 3.63) is 41.9 Å². The van der Waals surface area contributed by atoms with Gasteiger partial charge >= 0.3 is 0 Å². The first kappa shape index (κ1) is 10.7. The quantitative estimate of drug-likeness (QED) is 0.737. The summed E-state index contributed by atoms with van der Waals surface area (Å²) in [6.07, 6.45) is 4.58. The molecule has 0 atom stereocenters. The summed E-state index contributed by atoms with van der Waals surface area (Å²) in [6.45, 7) is 1.99. The molecular weight excluding hydrogens is 204 g/mol. The van der Waals surface area contributed by atoms with Crippen LogP contribution in [0.5, 0.6) is 0 Å². The van der Waals surface area contributed by atoms with Crippen LogP contribution in [0.25, 0.3) is 0 Å². The van der Waals surface area contributed by atoms with E-state index in [2.05, 4.69) is 4.98 Å². The average Bonchev–Trinajstić information content (AvgIpc) is 2.88. The van der Waals surface area contributed by atoms with Gasteiger partial charge in [0.05, 0.1) is 6.42 Å². The Balaban J connectivity index is 2.11. The summed E-state index contributed by atoms with van der Waals surface area (Å²) in [5, 5.41) is 0. The molecule has 0 saturated carbocycles. The molecule has 0 amide bonds. The van der Waals surface area contributed by atoms with Crippen LogP contribution in [0.1, 0.15) is 29.1 Å². The van der Waals surface area contributed by atoms with E-state index >= 15 is 0 Å². The number of carbonyl (C=O) groups excluding carboxylic acids is 1. The smallest absolute Gasteiger partial charge is 0.205 e. The van der Waals surface area contributed by atoms with Crippen molar-refractivity contribution in [3.8, 4) is 0 Å². The van der Waals surface area contributed by atoms with E-state index in [0.29, 0.717) is 5.76 Å². The molecule has 2 heterocycles. The Kier molecular flexibility index (Phi) is 2.90. The minimum absolute atomic E-state index is 0.0333. The molecule has 4 nitrogen and oxygen atoms in total. The molecule has 16 heavy (non-hydrogen) atoms. The van der Waals surface area contributed by atoms with Crippen LogP contribution in [0, 0.1) is 0 Å². The number of carbonyl (C=O) groups is 1. The van der Waals surface area contributed by atoms with Gasteiger partial charge in [0.15, 0.2) is 5.76 Å². The summed E-state index contributed by atoms with van der Waals surface area (Å²) in [5.41, 5.74) is 0. The Morgan fingerprint density at radius 2 is 2.31 bits per heavy atom. The second-order valence-electron chi connectivity index (χ2n) is 3.67. The summed E-state index contributed by atoms with van der Waals surface area (Å²) in [4.78, 5) is 16.0. The molecule has 0 aliphatic carbocycles. The third-order valence-corrected chi connectivity index (χ3v) is 2.52. The highest BCUT2D eigenvalue weighted by atomic mass is 16.3. The molecule has 2 aromatic heterocycles. The summed E-state index contributed by atoms with van der Waals surface area (Å²) in [7, 11) is 1.87. The van der Waals surface area contributed by atoms with Crippen molar-refractivity contribution < 1.29 is 9.21 Å². The zero-order valence-electron chi connectivity index (χ0n) is 9.43. The lowest BCUT2D eigenvalue weighted by molar-refractivity contribution is 0.0961. The third-order valence-electron chi connectivity index (χ3n) is 2.52. The van der Waals surface area contributed by atoms with Gasteiger partial charge in [-0.25, -0.2) is 4.98 Å². The molecule has 2 rings (SSSR count). The molecule has 2 aromatic rings. The van der Waals surface area contributed by atoms with Crippen molar-refractivity contribution in [1.29, 1.82) is 0 Å². The maximum absolute atomic E-state index is 11.8. The van der Waals surface area contributed by atoms with Crippen LogP contribution in [0.3, 0.4) is 0 Å². The van der Waals surface area contributed by atoms with Crippen molar-refractivity contribution in [2.24, 2.45) is 7.05 Å². The number of hydrogen-bond donors (Lipinski definition) is 0. The molecule has 0 aliphatic heterocycles. The second-order valence-corrected chi connectivity index (χ2v) is 3.67. The predicted molar refractivity (Wildman–Crippen MR) is 59.3 cm³/mol. The number of Topliss-reactive ketones (excluding diaryl/α,β-unsaturated/α-hetero) is 1. The molecule has 0 bridgehead atoms. The van der Waals surface area contributed by atoms with Crippen molar-refractivity contribution in [3.63, 3.8) is 0 Å². The molecule has 0 aliphatic rings. The van der Waals surface area contributed by atoms with Crippen LogP contribution in [0.15, 0.2) is 28.9 Å². The van der Waals surface area contributed by atoms with Gasteiger partial charge in [0.25, 0.3) is 0 Å². The van der Waals surface area contributed by atoms with Crippen molar-refractivity contribution in [2.45, 2.75) is 19.8 Å². The fraction of sp³-hybridized carbons (Fsp3) is 0.333. The predicted octanol–water partition coefficient (Wildman–Crippen LogP) is 2.00. The molecule has 0 N–H and O–H groups in total. The second kappa shape index (κ2) is 4.35. The van der Waals surface area contributed by atoms with E-state index in [0.717, 1.165) is 18.0 Å². The molecular formula is C12H14N2O2. The number of rotatable bonds is 4. The van der Waals surface area contributed by atoms with Crippen LogP contribution >= 0.6 is 0 Å². The van der Waals surface area contributed by atoms with Gasteiger partial charge in [-0.3, -0.25) is 4.79 Å². The lowest BCUT2D eigenvalue weighted by Gasteiger charge is -1.99. The van der Waals surface area contributed by atoms with Crippen molar-refractivity contribution in [1.82, 2.24) is 9.55 Å². The first-order valence-electron chi connectivity index (χ1n) is 5.28. The van der Waals surface area contributed by atoms with E-state index in [1.165, 1.54) is 0 Å². The van der Waals surface area contributed by atoms with E-state index in [-0.39, 0.29) is 12.2 Å². The molecule has 0 unspecified atom stereocenters. The van der Waals surface area contributed by atoms with E-state index in [1.54, 1.807) is 12.3 Å². The Labute approximate surface area is 93.9 Å². The Hall–Kier alpha value is -1.84. The average molecular weight is 218 g/mol. The van der Waals surface area contributed by atoms with E-state index < -0.39 is 0 Å². The maximum Gasteiger partial charge on any atom is 0.205 e. The lowest BCUT2D eigenvalue weighted by atomic mass is 10.2. The van der Waals surface area contributed by atoms with Gasteiger partial charge in [0.1, 0.15) is 11.6 Å². The fourth-order valence-corrected chi connectivity index (χ4v) is 1.52. The number of imidazole rings is 1. The molecule has 0 fully saturated rings. The monoisotopic (exact) mass is 218 g/mol. The molecule has 0 aromatic carbocycles. The molecule has 0 radical (unpaired) electrons. The van der Waals surface area contributed by atoms with Crippen LogP contribution in [0.2, 0.25) is 0 Å². The van der Waals surface area contributed by atoms with Gasteiger partial charge in [0.2, 0.25) is 5.78 Å². The van der Waals surface area contributed by atoms with Crippen LogP contribution in [0.4, 0.5) is 0 Å². The number of aromatic nitrogens is 2. The zero-order chi connectivity index (χ0) is 11.5. The minimum Gasteiger partial charge on any atom is -0.458 e. The number of furan rings is 1. The van der Waals surface area contributed by atoms with Crippen LogP contribution < -0.4 is 0 Å². The van der Waals surface area contributed by atoms with Crippen LogP contribution in [-0.2, 0) is 19.9 Å². The lowest BCUT2D eigenvalue weighted by Crippen LogP contribution is -2.07. The number of aryl methyl sites for hydroxylation is 2. The van der Waals surface area contributed by atoms with Gasteiger partial charge in [-0.15, -0.1) is 0 Å². The standard InChI is InChI=1S/C12H14N2O2/c1-3-9-4-5-11(16-9)10(15)8-12-13-6-7-14(12)2/h4-7H,3,8H2,1-2H3. The number of hydrogen-bond acceptors (Lipinski definition) is 3. The van der Waals surface area contributed by atoms with Crippen molar-refractivity contribution >= 4 is 5.78 Å². The largest absolute Gasteiger partial charge is 0.458 e. The van der Waals surface area contributed by atoms with Gasteiger partial charge in [-0.05, 0) is 12.1 Å². The summed E-state index contributed by atoms with van der Waals surface area (Å²) < 4.78 is 7.23. The molecule has 0 saturated heterocycles. The van der Waals surface area contributed by atoms with Gasteiger partial charge < -0.3 is 8.98 Å².